The van der Waals surface area contributed by atoms with Crippen molar-refractivity contribution in [3.63, 3.8) is 0 Å². The Labute approximate surface area is 427 Å². The van der Waals surface area contributed by atoms with Crippen LogP contribution in [0.2, 0.25) is 0 Å². The number of carboxylic acid groups (broad SMARTS) is 1. The Bertz CT molecular complexity index is 2510. The molecule has 61 heavy (non-hydrogen) atoms. The van der Waals surface area contributed by atoms with Gasteiger partial charge in [0.15, 0.2) is 21.4 Å². The number of anilines is 3. The van der Waals surface area contributed by atoms with Crippen LogP contribution in [0.25, 0.3) is 5.43 Å². The van der Waals surface area contributed by atoms with Gasteiger partial charge in [-0.2, -0.15) is 23.7 Å². The van der Waals surface area contributed by atoms with Gasteiger partial charge in [-0.3, -0.25) is 9.22 Å². The van der Waals surface area contributed by atoms with Crippen molar-refractivity contribution < 1.29 is 178 Å². The number of carboxylic acids is 1. The average molecular weight is 1010 g/mol. The van der Waals surface area contributed by atoms with E-state index in [4.69, 9.17) is 0 Å². The smallest absolute Gasteiger partial charge is 0.744 e. The number of nitrogens with one attached hydrogen (secondary N) is 2. The van der Waals surface area contributed by atoms with Crippen LogP contribution in [0.5, 0.6) is 5.75 Å². The van der Waals surface area contributed by atoms with Crippen LogP contribution in [0, 0.1) is 6.08 Å². The number of sulfone groups is 1. The number of halogens is 1. The molecule has 1 heterocycles. The predicted octanol–water partition coefficient (Wildman–Crippen LogP) is -6.85. The minimum atomic E-state index is -5.26. The Kier molecular flexibility index (Phi) is 26.5. The van der Waals surface area contributed by atoms with Crippen molar-refractivity contribution in [1.82, 2.24) is 15.0 Å². The monoisotopic (exact) mass is 1000 g/mol. The van der Waals surface area contributed by atoms with Gasteiger partial charge in [-0.05, 0) is 30.7 Å². The van der Waals surface area contributed by atoms with Gasteiger partial charge in [0.05, 0.1) is 40.7 Å². The van der Waals surface area contributed by atoms with Crippen LogP contribution < -0.4 is 105 Å². The van der Waals surface area contributed by atoms with Gasteiger partial charge < -0.3 is 45.7 Å². The number of benzene rings is 3. The van der Waals surface area contributed by atoms with Gasteiger partial charge in [0.25, 0.3) is 0 Å². The van der Waals surface area contributed by atoms with E-state index in [2.05, 4.69) is 59.9 Å². The fourth-order valence-electron chi connectivity index (χ4n) is 4.18. The summed E-state index contributed by atoms with van der Waals surface area (Å²) in [5.74, 6) is -5.02. The Morgan fingerprint density at radius 3 is 2.23 bits per heavy atom. The van der Waals surface area contributed by atoms with Crippen molar-refractivity contribution in [3.8, 4) is 5.75 Å². The first kappa shape index (κ1) is 59.0. The summed E-state index contributed by atoms with van der Waals surface area (Å²) in [6.45, 7) is -1.08. The topological polar surface area (TPSA) is 371 Å². The molecule has 0 atom stereocenters. The normalized spacial score (nSPS) is 11.6. The largest absolute Gasteiger partial charge is 1.00 e. The molecule has 1 aromatic heterocycles. The number of carbonyl (C=O) groups is 1. The third-order valence-corrected chi connectivity index (χ3v) is 10.2. The first-order chi connectivity index (χ1) is 26.8. The second-order valence-corrected chi connectivity index (χ2v) is 16.1. The molecular formula is C28H24CuFN9Na3O15S4. The number of aromatic carboxylic acids is 1. The maximum atomic E-state index is 14.4. The number of hydrogen-bond donors (Lipinski definition) is 4. The van der Waals surface area contributed by atoms with Gasteiger partial charge in [0.1, 0.15) is 15.8 Å². The maximum Gasteiger partial charge on any atom is 1.00 e. The number of azo groups is 1. The van der Waals surface area contributed by atoms with Crippen LogP contribution in [0.1, 0.15) is 22.3 Å². The van der Waals surface area contributed by atoms with Crippen molar-refractivity contribution in [2.45, 2.75) is 16.2 Å². The van der Waals surface area contributed by atoms with E-state index < -0.39 is 94.4 Å². The number of rotatable bonds is 20. The standard InChI is InChI=1S/C28H28FN9O15S4.Cu.3Na/c29-26-32-27(30-9-4-11-55(43,44)12-10-51-57(48,49)50)34-28(33-26)31-21-14-18(56(45,46)47)15-22(23(21)39)36-38-24(16-5-2-1-3-6-16)37-35-20-13-17(54-53-52-42)7-8-19(20)25(40)41;;;;/h1-3,5-8,13-15H,4,9-12H2,(H8,30,31,32,33,34,35,36,37,38,39,40,41,42,45,46,47,48,49,50);;;;/q;4*+1/p-4. The van der Waals surface area contributed by atoms with Gasteiger partial charge in [-0.15, -0.1) is 15.9 Å². The number of aromatic nitrogens is 3. The number of phenolic OH excluding ortho intramolecular Hbond substituents is 1. The molecule has 0 amide bonds. The molecule has 4 aromatic rings. The Morgan fingerprint density at radius 1 is 0.934 bits per heavy atom. The Hall–Kier alpha value is -1.98. The molecule has 24 nitrogen and oxygen atoms in total. The SMILES string of the molecule is O=C(O)c1ccc(SOO[O-])cc1[N-]/N=C(\N=Nc1cc(S(=O)(=O)[O-])cc(Nc2nc(F)nc(NCCCS(=O)(=O)CCOS(=O)(=O)[O-])n2)c1O)c1ccccc1.[Cu+].[Na+].[Na+].[Na+]. The van der Waals surface area contributed by atoms with Crippen molar-refractivity contribution in [3.05, 3.63) is 83.3 Å². The molecule has 33 heteroatoms. The molecule has 0 spiro atoms. The molecule has 4 N–H and O–H groups in total. The van der Waals surface area contributed by atoms with Gasteiger partial charge >= 0.3 is 118 Å². The summed E-state index contributed by atoms with van der Waals surface area (Å²) in [4.78, 5) is 21.7. The fraction of sp³-hybridized carbons (Fsp3) is 0.179. The molecule has 0 saturated carbocycles. The molecule has 0 aliphatic heterocycles. The Morgan fingerprint density at radius 2 is 1.61 bits per heavy atom. The summed E-state index contributed by atoms with van der Waals surface area (Å²) in [5.41, 5.74) is 2.31. The third-order valence-electron chi connectivity index (χ3n) is 6.64. The van der Waals surface area contributed by atoms with E-state index in [0.717, 1.165) is 6.07 Å². The van der Waals surface area contributed by atoms with Gasteiger partial charge in [0, 0.05) is 22.6 Å². The number of nitrogens with zero attached hydrogens (tertiary/aromatic N) is 7. The molecule has 0 saturated heterocycles. The van der Waals surface area contributed by atoms with E-state index in [0.29, 0.717) is 24.2 Å². The van der Waals surface area contributed by atoms with E-state index in [-0.39, 0.29) is 146 Å². The second-order valence-electron chi connectivity index (χ2n) is 10.6. The molecule has 0 radical (unpaired) electrons. The van der Waals surface area contributed by atoms with Crippen molar-refractivity contribution in [1.29, 1.82) is 0 Å². The molecular weight excluding hydrogens is 982 g/mol. The summed E-state index contributed by atoms with van der Waals surface area (Å²) < 4.78 is 114. The van der Waals surface area contributed by atoms with Crippen molar-refractivity contribution in [2.75, 3.05) is 35.3 Å². The summed E-state index contributed by atoms with van der Waals surface area (Å²) in [7, 11) is -14.2. The summed E-state index contributed by atoms with van der Waals surface area (Å²) >= 11 is 0.441. The molecule has 4 rings (SSSR count). The molecule has 316 valence electrons. The minimum absolute atomic E-state index is 0. The Balaban J connectivity index is 0.00000900. The van der Waals surface area contributed by atoms with E-state index in [1.165, 1.54) is 24.3 Å². The van der Waals surface area contributed by atoms with Crippen LogP contribution in [0.3, 0.4) is 0 Å². The zero-order valence-electron chi connectivity index (χ0n) is 31.5. The van der Waals surface area contributed by atoms with Crippen molar-refractivity contribution in [2.24, 2.45) is 15.3 Å². The van der Waals surface area contributed by atoms with Crippen molar-refractivity contribution >= 4 is 83.2 Å². The van der Waals surface area contributed by atoms with E-state index in [1.54, 1.807) is 18.2 Å². The summed E-state index contributed by atoms with van der Waals surface area (Å²) in [6, 6.07) is 12.7. The molecule has 0 fully saturated rings. The number of hydrogen-bond acceptors (Lipinski definition) is 22. The van der Waals surface area contributed by atoms with E-state index >= 15 is 0 Å². The molecule has 3 aromatic carbocycles. The van der Waals surface area contributed by atoms with E-state index in [9.17, 15) is 59.0 Å². The van der Waals surface area contributed by atoms with Gasteiger partial charge in [-0.25, -0.2) is 30.0 Å². The van der Waals surface area contributed by atoms with Gasteiger partial charge in [0.2, 0.25) is 22.3 Å². The molecule has 0 aliphatic rings. The average Bonchev–Trinajstić information content (AvgIpc) is 3.13. The van der Waals surface area contributed by atoms with Crippen LogP contribution in [0.15, 0.2) is 85.8 Å². The fourth-order valence-corrected chi connectivity index (χ4v) is 6.60. The van der Waals surface area contributed by atoms with Gasteiger partial charge in [-0.1, -0.05) is 36.4 Å². The number of amidine groups is 1. The van der Waals surface area contributed by atoms with Crippen LogP contribution >= 0.6 is 12.0 Å². The zero-order chi connectivity index (χ0) is 41.8. The minimum Gasteiger partial charge on any atom is -0.744 e. The number of aromatic hydroxyl groups is 1. The summed E-state index contributed by atoms with van der Waals surface area (Å²) in [5, 5.41) is 50.8. The van der Waals surface area contributed by atoms with Crippen LogP contribution in [-0.4, -0.2) is 96.0 Å². The van der Waals surface area contributed by atoms with Crippen LogP contribution in [-0.2, 0) is 61.0 Å². The molecule has 0 unspecified atom stereocenters. The first-order valence-electron chi connectivity index (χ1n) is 15.2. The van der Waals surface area contributed by atoms with E-state index in [1.807, 2.05) is 0 Å². The first-order valence-corrected chi connectivity index (χ1v) is 20.5. The third kappa shape index (κ3) is 20.2. The molecule has 0 bridgehead atoms. The number of phenols is 1. The van der Waals surface area contributed by atoms with Crippen LogP contribution in [0.4, 0.5) is 33.3 Å². The predicted molar refractivity (Wildman–Crippen MR) is 188 cm³/mol. The second kappa shape index (κ2) is 27.4. The summed E-state index contributed by atoms with van der Waals surface area (Å²) in [6.07, 6.45) is -1.54. The maximum absolute atomic E-state index is 14.4. The quantitative estimate of drug-likeness (QED) is 0.00546. The zero-order valence-corrected chi connectivity index (χ0v) is 41.7. The molecule has 0 aliphatic carbocycles.